The summed E-state index contributed by atoms with van der Waals surface area (Å²) in [4.78, 5) is 10.9. The van der Waals surface area contributed by atoms with Gasteiger partial charge in [-0.3, -0.25) is 4.79 Å². The van der Waals surface area contributed by atoms with Crippen LogP contribution in [0.1, 0.15) is 20.3 Å². The van der Waals surface area contributed by atoms with Gasteiger partial charge in [-0.15, -0.1) is 0 Å². The summed E-state index contributed by atoms with van der Waals surface area (Å²) >= 11 is 0. The van der Waals surface area contributed by atoms with Crippen LogP contribution in [-0.2, 0) is 4.79 Å². The lowest BCUT2D eigenvalue weighted by Crippen LogP contribution is -2.11. The standard InChI is InChI=1S/C8H12O/c1-3-7-6(2)4-5-8(7)9/h4-7H,3H2,1-2H3/t6-,7-/m1/s1. The third-order valence-electron chi connectivity index (χ3n) is 2.00. The minimum atomic E-state index is 0.282. The van der Waals surface area contributed by atoms with Crippen LogP contribution in [0.5, 0.6) is 0 Å². The quantitative estimate of drug-likeness (QED) is 0.520. The molecule has 0 amide bonds. The summed E-state index contributed by atoms with van der Waals surface area (Å²) in [5.74, 6) is 1.07. The number of allylic oxidation sites excluding steroid dienone is 2. The largest absolute Gasteiger partial charge is 0.295 e. The second-order valence-electron chi connectivity index (χ2n) is 2.64. The average molecular weight is 124 g/mol. The van der Waals surface area contributed by atoms with Crippen molar-refractivity contribution in [3.63, 3.8) is 0 Å². The third-order valence-corrected chi connectivity index (χ3v) is 2.00. The van der Waals surface area contributed by atoms with Crippen molar-refractivity contribution in [3.8, 4) is 0 Å². The van der Waals surface area contributed by atoms with E-state index in [-0.39, 0.29) is 5.92 Å². The Balaban J connectivity index is 2.63. The topological polar surface area (TPSA) is 17.1 Å². The van der Waals surface area contributed by atoms with E-state index in [1.807, 2.05) is 6.08 Å². The molecule has 0 fully saturated rings. The number of ketones is 1. The van der Waals surface area contributed by atoms with E-state index in [4.69, 9.17) is 0 Å². The number of hydrogen-bond acceptors (Lipinski definition) is 1. The Kier molecular flexibility index (Phi) is 1.70. The second-order valence-corrected chi connectivity index (χ2v) is 2.64. The molecular formula is C8H12O. The fraction of sp³-hybridized carbons (Fsp3) is 0.625. The Morgan fingerprint density at radius 3 is 2.56 bits per heavy atom. The van der Waals surface area contributed by atoms with Crippen LogP contribution in [0, 0.1) is 11.8 Å². The lowest BCUT2D eigenvalue weighted by molar-refractivity contribution is -0.118. The molecule has 1 heteroatoms. The van der Waals surface area contributed by atoms with E-state index in [0.717, 1.165) is 6.42 Å². The van der Waals surface area contributed by atoms with Crippen molar-refractivity contribution in [1.82, 2.24) is 0 Å². The number of rotatable bonds is 1. The highest BCUT2D eigenvalue weighted by atomic mass is 16.1. The predicted octanol–water partition coefficient (Wildman–Crippen LogP) is 1.79. The van der Waals surface area contributed by atoms with Gasteiger partial charge in [0.1, 0.15) is 0 Å². The van der Waals surface area contributed by atoms with Gasteiger partial charge in [-0.2, -0.15) is 0 Å². The summed E-state index contributed by atoms with van der Waals surface area (Å²) in [6.45, 7) is 4.15. The molecule has 0 unspecified atom stereocenters. The van der Waals surface area contributed by atoms with Gasteiger partial charge in [0.25, 0.3) is 0 Å². The van der Waals surface area contributed by atoms with Gasteiger partial charge in [0.05, 0.1) is 0 Å². The van der Waals surface area contributed by atoms with Gasteiger partial charge in [-0.1, -0.05) is 19.9 Å². The Labute approximate surface area is 55.8 Å². The summed E-state index contributed by atoms with van der Waals surface area (Å²) in [5.41, 5.74) is 0. The smallest absolute Gasteiger partial charge is 0.159 e. The minimum Gasteiger partial charge on any atom is -0.295 e. The molecule has 0 radical (unpaired) electrons. The summed E-state index contributed by atoms with van der Waals surface area (Å²) < 4.78 is 0. The van der Waals surface area contributed by atoms with Crippen molar-refractivity contribution >= 4 is 5.78 Å². The van der Waals surface area contributed by atoms with Gasteiger partial charge in [-0.05, 0) is 18.4 Å². The van der Waals surface area contributed by atoms with E-state index in [1.165, 1.54) is 0 Å². The van der Waals surface area contributed by atoms with Gasteiger partial charge < -0.3 is 0 Å². The first-order valence-electron chi connectivity index (χ1n) is 3.47. The lowest BCUT2D eigenvalue weighted by Gasteiger charge is -2.08. The van der Waals surface area contributed by atoms with Crippen LogP contribution in [0.3, 0.4) is 0 Å². The van der Waals surface area contributed by atoms with Crippen molar-refractivity contribution in [2.75, 3.05) is 0 Å². The average Bonchev–Trinajstić information content (AvgIpc) is 2.12. The molecule has 1 aliphatic rings. The molecule has 1 rings (SSSR count). The van der Waals surface area contributed by atoms with Crippen LogP contribution in [-0.4, -0.2) is 5.78 Å². The maximum atomic E-state index is 10.9. The summed E-state index contributed by atoms with van der Waals surface area (Å²) in [7, 11) is 0. The zero-order chi connectivity index (χ0) is 6.85. The highest BCUT2D eigenvalue weighted by molar-refractivity contribution is 5.94. The molecule has 0 aliphatic heterocycles. The molecular weight excluding hydrogens is 112 g/mol. The SMILES string of the molecule is CC[C@H]1C(=O)C=C[C@H]1C. The molecule has 0 aromatic carbocycles. The maximum Gasteiger partial charge on any atom is 0.159 e. The zero-order valence-electron chi connectivity index (χ0n) is 5.92. The molecule has 2 atom stereocenters. The van der Waals surface area contributed by atoms with Crippen LogP contribution in [0.4, 0.5) is 0 Å². The number of carbonyl (C=O) groups is 1. The molecule has 9 heavy (non-hydrogen) atoms. The van der Waals surface area contributed by atoms with Gasteiger partial charge >= 0.3 is 0 Å². The summed E-state index contributed by atoms with van der Waals surface area (Å²) in [6.07, 6.45) is 4.68. The van der Waals surface area contributed by atoms with Crippen molar-refractivity contribution in [3.05, 3.63) is 12.2 Å². The maximum absolute atomic E-state index is 10.9. The number of hydrogen-bond donors (Lipinski definition) is 0. The van der Waals surface area contributed by atoms with E-state index in [2.05, 4.69) is 13.8 Å². The summed E-state index contributed by atoms with van der Waals surface area (Å²) in [6, 6.07) is 0. The molecule has 1 aliphatic carbocycles. The van der Waals surface area contributed by atoms with E-state index in [1.54, 1.807) is 6.08 Å². The fourth-order valence-electron chi connectivity index (χ4n) is 1.34. The molecule has 0 saturated carbocycles. The van der Waals surface area contributed by atoms with Crippen LogP contribution < -0.4 is 0 Å². The monoisotopic (exact) mass is 124 g/mol. The zero-order valence-corrected chi connectivity index (χ0v) is 5.92. The normalized spacial score (nSPS) is 33.8. The van der Waals surface area contributed by atoms with Gasteiger partial charge in [-0.25, -0.2) is 0 Å². The molecule has 0 heterocycles. The van der Waals surface area contributed by atoms with Crippen molar-refractivity contribution in [2.24, 2.45) is 11.8 Å². The molecule has 0 spiro atoms. The van der Waals surface area contributed by atoms with Gasteiger partial charge in [0, 0.05) is 5.92 Å². The van der Waals surface area contributed by atoms with E-state index in [0.29, 0.717) is 11.7 Å². The fourth-order valence-corrected chi connectivity index (χ4v) is 1.34. The Hall–Kier alpha value is -0.590. The van der Waals surface area contributed by atoms with Gasteiger partial charge in [0.2, 0.25) is 0 Å². The molecule has 0 bridgehead atoms. The van der Waals surface area contributed by atoms with Crippen LogP contribution in [0.15, 0.2) is 12.2 Å². The molecule has 0 aromatic heterocycles. The molecule has 1 nitrogen and oxygen atoms in total. The Morgan fingerprint density at radius 1 is 1.67 bits per heavy atom. The first-order valence-corrected chi connectivity index (χ1v) is 3.47. The van der Waals surface area contributed by atoms with Gasteiger partial charge in [0.15, 0.2) is 5.78 Å². The highest BCUT2D eigenvalue weighted by Gasteiger charge is 2.23. The highest BCUT2D eigenvalue weighted by Crippen LogP contribution is 2.23. The van der Waals surface area contributed by atoms with Crippen molar-refractivity contribution < 1.29 is 4.79 Å². The van der Waals surface area contributed by atoms with Crippen molar-refractivity contribution in [2.45, 2.75) is 20.3 Å². The minimum absolute atomic E-state index is 0.282. The first-order chi connectivity index (χ1) is 4.25. The Bertz CT molecular complexity index is 147. The van der Waals surface area contributed by atoms with Crippen molar-refractivity contribution in [1.29, 1.82) is 0 Å². The molecule has 0 aromatic rings. The predicted molar refractivity (Wildman–Crippen MR) is 37.1 cm³/mol. The first kappa shape index (κ1) is 6.53. The van der Waals surface area contributed by atoms with E-state index < -0.39 is 0 Å². The van der Waals surface area contributed by atoms with E-state index >= 15 is 0 Å². The van der Waals surface area contributed by atoms with E-state index in [9.17, 15) is 4.79 Å². The Morgan fingerprint density at radius 2 is 2.33 bits per heavy atom. The number of carbonyl (C=O) groups excluding carboxylic acids is 1. The molecule has 0 saturated heterocycles. The van der Waals surface area contributed by atoms with Crippen LogP contribution in [0.2, 0.25) is 0 Å². The van der Waals surface area contributed by atoms with Crippen LogP contribution in [0.25, 0.3) is 0 Å². The van der Waals surface area contributed by atoms with Crippen LogP contribution >= 0.6 is 0 Å². The molecule has 50 valence electrons. The third kappa shape index (κ3) is 1.04. The molecule has 0 N–H and O–H groups in total. The lowest BCUT2D eigenvalue weighted by atomic mass is 9.94. The summed E-state index contributed by atoms with van der Waals surface area (Å²) in [5, 5.41) is 0. The second kappa shape index (κ2) is 2.34.